The molecule has 0 aliphatic heterocycles. The van der Waals surface area contributed by atoms with Gasteiger partial charge >= 0.3 is 0 Å². The lowest BCUT2D eigenvalue weighted by molar-refractivity contribution is -0.121. The molecule has 1 rings (SSSR count). The van der Waals surface area contributed by atoms with E-state index in [9.17, 15) is 13.6 Å². The summed E-state index contributed by atoms with van der Waals surface area (Å²) in [4.78, 5) is 11.5. The molecule has 0 heterocycles. The summed E-state index contributed by atoms with van der Waals surface area (Å²) in [6.07, 6.45) is 0. The number of halogens is 2. The fourth-order valence-corrected chi connectivity index (χ4v) is 1.55. The quantitative estimate of drug-likeness (QED) is 0.670. The molecule has 0 bridgehead atoms. The molecule has 1 atom stereocenters. The number of methoxy groups -OCH3 is 1. The van der Waals surface area contributed by atoms with E-state index in [1.54, 1.807) is 14.0 Å². The van der Waals surface area contributed by atoms with E-state index in [0.29, 0.717) is 13.2 Å². The van der Waals surface area contributed by atoms with Gasteiger partial charge < -0.3 is 20.1 Å². The van der Waals surface area contributed by atoms with Crippen LogP contribution in [0, 0.1) is 11.6 Å². The lowest BCUT2D eigenvalue weighted by Crippen LogP contribution is -2.42. The van der Waals surface area contributed by atoms with Crippen LogP contribution >= 0.6 is 0 Å². The Bertz CT molecular complexity index is 458. The van der Waals surface area contributed by atoms with Gasteiger partial charge in [0.05, 0.1) is 19.2 Å². The largest absolute Gasteiger partial charge is 0.488 e. The summed E-state index contributed by atoms with van der Waals surface area (Å²) >= 11 is 0. The molecule has 5 nitrogen and oxygen atoms in total. The van der Waals surface area contributed by atoms with Crippen molar-refractivity contribution in [1.29, 1.82) is 0 Å². The molecule has 1 unspecified atom stereocenters. The van der Waals surface area contributed by atoms with Crippen LogP contribution in [0.5, 0.6) is 5.75 Å². The Morgan fingerprint density at radius 2 is 2.14 bits per heavy atom. The monoisotopic (exact) mass is 302 g/mol. The van der Waals surface area contributed by atoms with Gasteiger partial charge in [0.2, 0.25) is 5.91 Å². The highest BCUT2D eigenvalue weighted by Crippen LogP contribution is 2.17. The van der Waals surface area contributed by atoms with Crippen LogP contribution in [0.25, 0.3) is 0 Å². The second-order valence-corrected chi connectivity index (χ2v) is 4.52. The number of ether oxygens (including phenoxy) is 2. The summed E-state index contributed by atoms with van der Waals surface area (Å²) in [6.45, 7) is 3.09. The van der Waals surface area contributed by atoms with Crippen LogP contribution in [-0.2, 0) is 9.53 Å². The fourth-order valence-electron chi connectivity index (χ4n) is 1.55. The van der Waals surface area contributed by atoms with Crippen LogP contribution in [0.4, 0.5) is 8.78 Å². The normalized spacial score (nSPS) is 12.0. The van der Waals surface area contributed by atoms with Gasteiger partial charge in [-0.15, -0.1) is 0 Å². The lowest BCUT2D eigenvalue weighted by Gasteiger charge is -2.15. The minimum absolute atomic E-state index is 0.0456. The van der Waals surface area contributed by atoms with Crippen LogP contribution in [-0.4, -0.2) is 45.4 Å². The summed E-state index contributed by atoms with van der Waals surface area (Å²) in [5.41, 5.74) is 0. The van der Waals surface area contributed by atoms with E-state index in [0.717, 1.165) is 12.1 Å². The molecule has 1 amide bonds. The molecule has 1 aromatic rings. The SMILES string of the molecule is COCCNCC(=O)NC(C)COc1ccc(F)cc1F. The zero-order valence-electron chi connectivity index (χ0n) is 12.1. The Kier molecular flexibility index (Phi) is 7.63. The molecule has 0 saturated carbocycles. The van der Waals surface area contributed by atoms with E-state index in [4.69, 9.17) is 9.47 Å². The van der Waals surface area contributed by atoms with E-state index in [2.05, 4.69) is 10.6 Å². The molecular weight excluding hydrogens is 282 g/mol. The topological polar surface area (TPSA) is 59.6 Å². The van der Waals surface area contributed by atoms with Crippen molar-refractivity contribution < 1.29 is 23.0 Å². The van der Waals surface area contributed by atoms with Crippen LogP contribution in [0.1, 0.15) is 6.92 Å². The third kappa shape index (κ3) is 7.01. The van der Waals surface area contributed by atoms with Gasteiger partial charge in [-0.2, -0.15) is 0 Å². The number of carbonyl (C=O) groups excluding carboxylic acids is 1. The molecule has 7 heteroatoms. The highest BCUT2D eigenvalue weighted by molar-refractivity contribution is 5.78. The Morgan fingerprint density at radius 1 is 1.38 bits per heavy atom. The summed E-state index contributed by atoms with van der Waals surface area (Å²) < 4.78 is 36.1. The number of hydrogen-bond acceptors (Lipinski definition) is 4. The molecule has 0 spiro atoms. The first kappa shape index (κ1) is 17.3. The number of benzene rings is 1. The molecule has 21 heavy (non-hydrogen) atoms. The van der Waals surface area contributed by atoms with Gasteiger partial charge in [-0.1, -0.05) is 0 Å². The summed E-state index contributed by atoms with van der Waals surface area (Å²) in [6, 6.07) is 2.77. The summed E-state index contributed by atoms with van der Waals surface area (Å²) in [5, 5.41) is 5.60. The Morgan fingerprint density at radius 3 is 2.81 bits per heavy atom. The molecule has 0 saturated heterocycles. The average Bonchev–Trinajstić information content (AvgIpc) is 2.42. The first-order chi connectivity index (χ1) is 10.0. The van der Waals surface area contributed by atoms with Crippen molar-refractivity contribution in [2.24, 2.45) is 0 Å². The zero-order chi connectivity index (χ0) is 15.7. The predicted molar refractivity (Wildman–Crippen MR) is 74.2 cm³/mol. The van der Waals surface area contributed by atoms with Crippen LogP contribution in [0.15, 0.2) is 18.2 Å². The van der Waals surface area contributed by atoms with E-state index >= 15 is 0 Å². The minimum atomic E-state index is -0.769. The molecule has 118 valence electrons. The van der Waals surface area contributed by atoms with E-state index in [-0.39, 0.29) is 30.9 Å². The van der Waals surface area contributed by atoms with Crippen LogP contribution in [0.2, 0.25) is 0 Å². The van der Waals surface area contributed by atoms with Gasteiger partial charge in [-0.25, -0.2) is 8.78 Å². The minimum Gasteiger partial charge on any atom is -0.488 e. The van der Waals surface area contributed by atoms with E-state index in [1.807, 2.05) is 0 Å². The summed E-state index contributed by atoms with van der Waals surface area (Å²) in [7, 11) is 1.58. The maximum Gasteiger partial charge on any atom is 0.234 e. The zero-order valence-corrected chi connectivity index (χ0v) is 12.1. The van der Waals surface area contributed by atoms with E-state index < -0.39 is 11.6 Å². The Labute approximate surface area is 122 Å². The van der Waals surface area contributed by atoms with Crippen LogP contribution < -0.4 is 15.4 Å². The number of carbonyl (C=O) groups is 1. The van der Waals surface area contributed by atoms with Crippen molar-refractivity contribution in [1.82, 2.24) is 10.6 Å². The highest BCUT2D eigenvalue weighted by Gasteiger charge is 2.10. The third-order valence-corrected chi connectivity index (χ3v) is 2.56. The number of rotatable bonds is 9. The maximum absolute atomic E-state index is 13.3. The lowest BCUT2D eigenvalue weighted by atomic mass is 10.3. The summed E-state index contributed by atoms with van der Waals surface area (Å²) in [5.74, 6) is -1.67. The smallest absolute Gasteiger partial charge is 0.234 e. The molecule has 0 aliphatic rings. The molecule has 2 N–H and O–H groups in total. The molecule has 1 aromatic carbocycles. The Hall–Kier alpha value is -1.73. The average molecular weight is 302 g/mol. The van der Waals surface area contributed by atoms with Crippen molar-refractivity contribution in [2.45, 2.75) is 13.0 Å². The molecule has 0 fully saturated rings. The van der Waals surface area contributed by atoms with Crippen molar-refractivity contribution >= 4 is 5.91 Å². The third-order valence-electron chi connectivity index (χ3n) is 2.56. The fraction of sp³-hybridized carbons (Fsp3) is 0.500. The van der Waals surface area contributed by atoms with Gasteiger partial charge in [-0.05, 0) is 19.1 Å². The molecular formula is C14H20F2N2O3. The van der Waals surface area contributed by atoms with Gasteiger partial charge in [0.15, 0.2) is 11.6 Å². The van der Waals surface area contributed by atoms with Crippen molar-refractivity contribution in [3.05, 3.63) is 29.8 Å². The van der Waals surface area contributed by atoms with Gasteiger partial charge in [0, 0.05) is 19.7 Å². The van der Waals surface area contributed by atoms with Crippen molar-refractivity contribution in [3.63, 3.8) is 0 Å². The molecule has 0 radical (unpaired) electrons. The highest BCUT2D eigenvalue weighted by atomic mass is 19.1. The molecule has 0 aromatic heterocycles. The number of hydrogen-bond donors (Lipinski definition) is 2. The first-order valence-electron chi connectivity index (χ1n) is 6.59. The van der Waals surface area contributed by atoms with Gasteiger partial charge in [-0.3, -0.25) is 4.79 Å². The van der Waals surface area contributed by atoms with Crippen molar-refractivity contribution in [3.8, 4) is 5.75 Å². The predicted octanol–water partition coefficient (Wildman–Crippen LogP) is 1.08. The first-order valence-corrected chi connectivity index (χ1v) is 6.59. The van der Waals surface area contributed by atoms with Gasteiger partial charge in [0.1, 0.15) is 12.4 Å². The Balaban J connectivity index is 2.27. The van der Waals surface area contributed by atoms with Crippen molar-refractivity contribution in [2.75, 3.05) is 33.4 Å². The molecule has 0 aliphatic carbocycles. The standard InChI is InChI=1S/C14H20F2N2O3/c1-10(18-14(19)8-17-5-6-20-2)9-21-13-4-3-11(15)7-12(13)16/h3-4,7,10,17H,5-6,8-9H2,1-2H3,(H,18,19). The second-order valence-electron chi connectivity index (χ2n) is 4.52. The van der Waals surface area contributed by atoms with Crippen LogP contribution in [0.3, 0.4) is 0 Å². The maximum atomic E-state index is 13.3. The number of nitrogens with one attached hydrogen (secondary N) is 2. The number of amides is 1. The van der Waals surface area contributed by atoms with Gasteiger partial charge in [0.25, 0.3) is 0 Å². The second kappa shape index (κ2) is 9.25. The van der Waals surface area contributed by atoms with E-state index in [1.165, 1.54) is 6.07 Å².